The van der Waals surface area contributed by atoms with Crippen LogP contribution in [0.1, 0.15) is 47.4 Å². The molecule has 4 rings (SSSR count). The number of carbonyl (C=O) groups excluding carboxylic acids is 2. The first-order valence-corrected chi connectivity index (χ1v) is 11.7. The summed E-state index contributed by atoms with van der Waals surface area (Å²) in [5.41, 5.74) is 0.886. The van der Waals surface area contributed by atoms with E-state index in [1.807, 2.05) is 6.07 Å². The second-order valence-electron chi connectivity index (χ2n) is 8.68. The number of amides is 2. The van der Waals surface area contributed by atoms with Gasteiger partial charge in [-0.2, -0.15) is 0 Å². The maximum atomic E-state index is 13.3. The molecule has 0 spiro atoms. The van der Waals surface area contributed by atoms with Crippen LogP contribution in [0.5, 0.6) is 0 Å². The lowest BCUT2D eigenvalue weighted by Crippen LogP contribution is -2.46. The number of hydrogen-bond acceptors (Lipinski definition) is 3. The Hall–Kier alpha value is -2.21. The maximum absolute atomic E-state index is 13.3. The van der Waals surface area contributed by atoms with Crippen molar-refractivity contribution < 1.29 is 14.0 Å². The van der Waals surface area contributed by atoms with Crippen LogP contribution in [0.2, 0.25) is 0 Å². The standard InChI is InChI=1S/C24H29FN2O2S/c1-17-5-12-22(30-17)15-26(13-19-8-10-21(25)11-9-19)23(28)16-27(14-18-6-7-18)24(29)20-3-2-4-20/h5,8-12,18,20H,2-4,6-7,13-16H2,1H3. The minimum atomic E-state index is -0.285. The smallest absolute Gasteiger partial charge is 0.242 e. The molecular formula is C24H29FN2O2S. The first-order valence-electron chi connectivity index (χ1n) is 10.8. The van der Waals surface area contributed by atoms with Gasteiger partial charge in [0.25, 0.3) is 0 Å². The molecule has 0 saturated heterocycles. The van der Waals surface area contributed by atoms with Gasteiger partial charge in [0.1, 0.15) is 5.82 Å². The summed E-state index contributed by atoms with van der Waals surface area (Å²) >= 11 is 1.68. The van der Waals surface area contributed by atoms with Gasteiger partial charge in [-0.3, -0.25) is 9.59 Å². The Morgan fingerprint density at radius 2 is 1.73 bits per heavy atom. The van der Waals surface area contributed by atoms with Crippen LogP contribution in [-0.4, -0.2) is 34.7 Å². The van der Waals surface area contributed by atoms with Crippen LogP contribution in [-0.2, 0) is 22.7 Å². The summed E-state index contributed by atoms with van der Waals surface area (Å²) in [5.74, 6) is 0.468. The Bertz CT molecular complexity index is 887. The van der Waals surface area contributed by atoms with Crippen molar-refractivity contribution in [2.45, 2.75) is 52.1 Å². The molecule has 0 N–H and O–H groups in total. The number of thiophene rings is 1. The van der Waals surface area contributed by atoms with E-state index in [1.165, 1.54) is 17.0 Å². The third-order valence-corrected chi connectivity index (χ3v) is 7.04. The second-order valence-corrected chi connectivity index (χ2v) is 10.1. The van der Waals surface area contributed by atoms with Gasteiger partial charge >= 0.3 is 0 Å². The molecule has 1 aromatic carbocycles. The number of aryl methyl sites for hydroxylation is 1. The number of benzene rings is 1. The Balaban J connectivity index is 1.48. The van der Waals surface area contributed by atoms with E-state index >= 15 is 0 Å². The molecule has 2 aliphatic rings. The maximum Gasteiger partial charge on any atom is 0.242 e. The van der Waals surface area contributed by atoms with Crippen molar-refractivity contribution in [3.8, 4) is 0 Å². The molecule has 0 bridgehead atoms. The Morgan fingerprint density at radius 3 is 2.30 bits per heavy atom. The fourth-order valence-electron chi connectivity index (χ4n) is 3.82. The van der Waals surface area contributed by atoms with Crippen molar-refractivity contribution in [2.24, 2.45) is 11.8 Å². The Morgan fingerprint density at radius 1 is 1.00 bits per heavy atom. The molecule has 2 amide bonds. The average Bonchev–Trinajstić information content (AvgIpc) is 3.40. The van der Waals surface area contributed by atoms with Crippen LogP contribution < -0.4 is 0 Å². The fourth-order valence-corrected chi connectivity index (χ4v) is 4.73. The predicted octanol–water partition coefficient (Wildman–Crippen LogP) is 4.76. The van der Waals surface area contributed by atoms with Crippen molar-refractivity contribution in [3.63, 3.8) is 0 Å². The zero-order chi connectivity index (χ0) is 21.1. The molecular weight excluding hydrogens is 399 g/mol. The summed E-state index contributed by atoms with van der Waals surface area (Å²) < 4.78 is 13.3. The molecule has 30 heavy (non-hydrogen) atoms. The molecule has 2 saturated carbocycles. The Labute approximate surface area is 181 Å². The third-order valence-electron chi connectivity index (χ3n) is 6.05. The van der Waals surface area contributed by atoms with E-state index in [1.54, 1.807) is 33.3 Å². The Kier molecular flexibility index (Phi) is 6.52. The number of nitrogens with zero attached hydrogens (tertiary/aromatic N) is 2. The molecule has 0 aliphatic heterocycles. The van der Waals surface area contributed by atoms with Crippen LogP contribution in [0.3, 0.4) is 0 Å². The molecule has 4 nitrogen and oxygen atoms in total. The third kappa shape index (κ3) is 5.48. The summed E-state index contributed by atoms with van der Waals surface area (Å²) in [6.45, 7) is 3.80. The number of carbonyl (C=O) groups is 2. The van der Waals surface area contributed by atoms with Gasteiger partial charge in [0.15, 0.2) is 0 Å². The highest BCUT2D eigenvalue weighted by Crippen LogP contribution is 2.33. The number of rotatable bonds is 9. The molecule has 1 aromatic heterocycles. The van der Waals surface area contributed by atoms with Gasteiger partial charge in [-0.05, 0) is 68.4 Å². The summed E-state index contributed by atoms with van der Waals surface area (Å²) in [6, 6.07) is 10.4. The molecule has 0 unspecified atom stereocenters. The van der Waals surface area contributed by atoms with Gasteiger partial charge in [-0.1, -0.05) is 18.6 Å². The van der Waals surface area contributed by atoms with E-state index in [0.29, 0.717) is 25.6 Å². The van der Waals surface area contributed by atoms with Crippen LogP contribution in [0.4, 0.5) is 4.39 Å². The highest BCUT2D eigenvalue weighted by atomic mass is 32.1. The van der Waals surface area contributed by atoms with Crippen molar-refractivity contribution in [1.82, 2.24) is 9.80 Å². The van der Waals surface area contributed by atoms with E-state index in [9.17, 15) is 14.0 Å². The quantitative estimate of drug-likeness (QED) is 0.578. The predicted molar refractivity (Wildman–Crippen MR) is 116 cm³/mol. The van der Waals surface area contributed by atoms with Crippen LogP contribution >= 0.6 is 11.3 Å². The number of hydrogen-bond donors (Lipinski definition) is 0. The fraction of sp³-hybridized carbons (Fsp3) is 0.500. The zero-order valence-electron chi connectivity index (χ0n) is 17.5. The normalized spacial score (nSPS) is 16.2. The largest absolute Gasteiger partial charge is 0.333 e. The minimum Gasteiger partial charge on any atom is -0.333 e. The van der Waals surface area contributed by atoms with E-state index in [2.05, 4.69) is 13.0 Å². The lowest BCUT2D eigenvalue weighted by molar-refractivity contribution is -0.145. The first kappa shape index (κ1) is 21.0. The average molecular weight is 429 g/mol. The molecule has 0 atom stereocenters. The molecule has 1 heterocycles. The lowest BCUT2D eigenvalue weighted by atomic mass is 9.84. The molecule has 0 radical (unpaired) electrons. The molecule has 6 heteroatoms. The van der Waals surface area contributed by atoms with Gasteiger partial charge in [0.2, 0.25) is 11.8 Å². The van der Waals surface area contributed by atoms with E-state index in [0.717, 1.165) is 42.5 Å². The topological polar surface area (TPSA) is 40.6 Å². The minimum absolute atomic E-state index is 0.0429. The van der Waals surface area contributed by atoms with E-state index in [-0.39, 0.29) is 30.1 Å². The summed E-state index contributed by atoms with van der Waals surface area (Å²) in [7, 11) is 0. The first-order chi connectivity index (χ1) is 14.5. The highest BCUT2D eigenvalue weighted by Gasteiger charge is 2.34. The number of halogens is 1. The van der Waals surface area contributed by atoms with Crippen LogP contribution in [0.25, 0.3) is 0 Å². The SMILES string of the molecule is Cc1ccc(CN(Cc2ccc(F)cc2)C(=O)CN(CC2CC2)C(=O)C2CCC2)s1. The molecule has 2 aliphatic carbocycles. The highest BCUT2D eigenvalue weighted by molar-refractivity contribution is 7.11. The van der Waals surface area contributed by atoms with E-state index < -0.39 is 0 Å². The molecule has 160 valence electrons. The van der Waals surface area contributed by atoms with Gasteiger partial charge in [0.05, 0.1) is 13.1 Å². The van der Waals surface area contributed by atoms with Crippen molar-refractivity contribution in [3.05, 3.63) is 57.5 Å². The molecule has 2 fully saturated rings. The van der Waals surface area contributed by atoms with Gasteiger partial charge in [0, 0.05) is 28.8 Å². The van der Waals surface area contributed by atoms with Crippen LogP contribution in [0.15, 0.2) is 36.4 Å². The second kappa shape index (κ2) is 9.29. The van der Waals surface area contributed by atoms with Crippen molar-refractivity contribution in [2.75, 3.05) is 13.1 Å². The lowest BCUT2D eigenvalue weighted by Gasteiger charge is -2.33. The van der Waals surface area contributed by atoms with Gasteiger partial charge in [-0.25, -0.2) is 4.39 Å². The zero-order valence-corrected chi connectivity index (χ0v) is 18.3. The van der Waals surface area contributed by atoms with Crippen molar-refractivity contribution in [1.29, 1.82) is 0 Å². The molecule has 2 aromatic rings. The monoisotopic (exact) mass is 428 g/mol. The van der Waals surface area contributed by atoms with Gasteiger partial charge < -0.3 is 9.80 Å². The van der Waals surface area contributed by atoms with Crippen LogP contribution in [0, 0.1) is 24.6 Å². The van der Waals surface area contributed by atoms with Crippen molar-refractivity contribution >= 4 is 23.2 Å². The summed E-state index contributed by atoms with van der Waals surface area (Å²) in [4.78, 5) is 32.2. The summed E-state index contributed by atoms with van der Waals surface area (Å²) in [5, 5.41) is 0. The van der Waals surface area contributed by atoms with Gasteiger partial charge in [-0.15, -0.1) is 11.3 Å². The van der Waals surface area contributed by atoms with E-state index in [4.69, 9.17) is 0 Å². The summed E-state index contributed by atoms with van der Waals surface area (Å²) in [6.07, 6.45) is 5.30.